The van der Waals surface area contributed by atoms with Gasteiger partial charge in [0.1, 0.15) is 90.5 Å². The summed E-state index contributed by atoms with van der Waals surface area (Å²) in [6.45, 7) is -6.70. The molecule has 30 nitrogen and oxygen atoms in total. The summed E-state index contributed by atoms with van der Waals surface area (Å²) in [6, 6.07) is 0. The zero-order chi connectivity index (χ0) is 44.5. The zero-order valence-electron chi connectivity index (χ0n) is 31.8. The normalized spacial score (nSPS) is 31.9. The molecule has 9 heterocycles. The topological polar surface area (TPSA) is 432 Å². The molecule has 63 heavy (non-hydrogen) atoms. The van der Waals surface area contributed by atoms with Crippen LogP contribution in [0.5, 0.6) is 0 Å². The van der Waals surface area contributed by atoms with Crippen LogP contribution in [0.1, 0.15) is 18.7 Å². The first kappa shape index (κ1) is 43.6. The smallest absolute Gasteiger partial charge is 0.394 e. The van der Waals surface area contributed by atoms with Crippen molar-refractivity contribution in [1.82, 2.24) is 58.6 Å². The number of rotatable bonds is 14. The Labute approximate surface area is 356 Å². The summed E-state index contributed by atoms with van der Waals surface area (Å²) in [4.78, 5) is 58.8. The Hall–Kier alpha value is -4.63. The average Bonchev–Trinajstić information content (AvgIpc) is 4.11. The summed E-state index contributed by atoms with van der Waals surface area (Å²) in [5.74, 6) is 0.0695. The number of aromatic nitrogens is 12. The first-order valence-corrected chi connectivity index (χ1v) is 22.5. The van der Waals surface area contributed by atoms with Gasteiger partial charge < -0.3 is 71.3 Å². The van der Waals surface area contributed by atoms with E-state index in [1.807, 2.05) is 0 Å². The summed E-state index contributed by atoms with van der Waals surface area (Å²) in [6.07, 6.45) is -11.0. The quantitative estimate of drug-likeness (QED) is 0.0474. The molecule has 3 aliphatic rings. The third-order valence-electron chi connectivity index (χ3n) is 10.4. The maximum absolute atomic E-state index is 13.5. The van der Waals surface area contributed by atoms with Crippen LogP contribution < -0.4 is 17.2 Å². The molecule has 3 saturated heterocycles. The molecule has 0 saturated carbocycles. The zero-order valence-corrected chi connectivity index (χ0v) is 34.4. The van der Waals surface area contributed by atoms with Gasteiger partial charge in [-0.05, 0) is 11.8 Å². The number of nitrogen functional groups attached to an aromatic ring is 3. The van der Waals surface area contributed by atoms with Crippen LogP contribution in [0.2, 0.25) is 0 Å². The predicted octanol–water partition coefficient (Wildman–Crippen LogP) is -3.50. The van der Waals surface area contributed by atoms with Crippen LogP contribution >= 0.6 is 14.5 Å². The van der Waals surface area contributed by atoms with Gasteiger partial charge in [0.25, 0.3) is 0 Å². The average molecular weight is 942 g/mol. The van der Waals surface area contributed by atoms with Crippen LogP contribution in [0.15, 0.2) is 38.0 Å². The number of imidazole rings is 3. The van der Waals surface area contributed by atoms with Crippen LogP contribution in [-0.2, 0) is 48.7 Å². The van der Waals surface area contributed by atoms with Crippen molar-refractivity contribution in [3.63, 3.8) is 0 Å². The molecule has 0 radical (unpaired) electrons. The number of phosphoric acid groups is 1. The highest BCUT2D eigenvalue weighted by atomic mass is 32.5. The SMILES string of the molecule is Nc1ncnc2c1ncn2[C@@H]1O[C@H](COP(O)(=S)O[C@@H]2[C@H](O)[C@@H](COP(=O)(O)O[C@@H]3[C@H](O)[C@@H](CO)O[C@H]3n3cnc4c(N)ncnc43)O[C@H]2n2cnc3c(N)ncnc32)[C@@H](O)[C@H]1O. The van der Waals surface area contributed by atoms with Crippen molar-refractivity contribution in [3.05, 3.63) is 38.0 Å². The Bertz CT molecular complexity index is 2750. The molecule has 6 aromatic rings. The van der Waals surface area contributed by atoms with E-state index in [-0.39, 0.29) is 50.9 Å². The van der Waals surface area contributed by atoms with Gasteiger partial charge in [0.15, 0.2) is 53.1 Å². The van der Waals surface area contributed by atoms with Gasteiger partial charge in [-0.15, -0.1) is 0 Å². The molecular weight excluding hydrogens is 904 g/mol. The Kier molecular flexibility index (Phi) is 11.6. The highest BCUT2D eigenvalue weighted by Crippen LogP contribution is 2.53. The van der Waals surface area contributed by atoms with Gasteiger partial charge in [-0.3, -0.25) is 27.3 Å². The first-order valence-electron chi connectivity index (χ1n) is 18.5. The van der Waals surface area contributed by atoms with E-state index in [4.69, 9.17) is 61.3 Å². The number of hydrogen-bond acceptors (Lipinski definition) is 26. The Morgan fingerprint density at radius 1 is 0.587 bits per heavy atom. The van der Waals surface area contributed by atoms with Gasteiger partial charge in [0.05, 0.1) is 38.8 Å². The standard InChI is InChI=1S/C30H37N15O15P2S/c31-22-13-25(37-4-34-22)43(7-40-13)28-19(50)16(47)11(57-28)3-55-62(53,63)60-21-18(49)12(58-30(21)45-9-42-15-24(33)36-6-39-27(15)45)2-54-61(51,52)59-20-17(48)10(1-46)56-29(20)44-8-41-14-23(32)35-5-38-26(14)44/h4-12,16-21,28-30,46-50H,1-3H2,(H,51,52)(H,53,63)(H2,31,34,37)(H2,32,35,38)(H2,33,36,39)/t10-,11-,12-,16-,17-,18-,19-,20-,21-,28-,29-,30-,62?/m1/s1. The summed E-state index contributed by atoms with van der Waals surface area (Å²) >= 11 is 5.30. The fraction of sp³-hybridized carbons (Fsp3) is 0.500. The predicted molar refractivity (Wildman–Crippen MR) is 210 cm³/mol. The van der Waals surface area contributed by atoms with Crippen molar-refractivity contribution in [2.24, 2.45) is 0 Å². The third kappa shape index (κ3) is 7.99. The van der Waals surface area contributed by atoms with E-state index in [1.165, 1.54) is 39.0 Å². The minimum Gasteiger partial charge on any atom is -0.394 e. The first-order chi connectivity index (χ1) is 30.1. The van der Waals surface area contributed by atoms with Crippen LogP contribution in [0, 0.1) is 0 Å². The largest absolute Gasteiger partial charge is 0.472 e. The maximum atomic E-state index is 13.5. The number of aliphatic hydroxyl groups excluding tert-OH is 5. The van der Waals surface area contributed by atoms with Crippen LogP contribution in [0.25, 0.3) is 33.5 Å². The van der Waals surface area contributed by atoms with E-state index in [0.29, 0.717) is 0 Å². The second-order valence-electron chi connectivity index (χ2n) is 14.3. The summed E-state index contributed by atoms with van der Waals surface area (Å²) in [7, 11) is -5.23. The number of ether oxygens (including phenoxy) is 3. The molecule has 0 aliphatic carbocycles. The molecule has 3 fully saturated rings. The van der Waals surface area contributed by atoms with E-state index in [1.54, 1.807) is 0 Å². The van der Waals surface area contributed by atoms with Crippen molar-refractivity contribution >= 4 is 77.3 Å². The van der Waals surface area contributed by atoms with Crippen LogP contribution in [0.4, 0.5) is 17.5 Å². The van der Waals surface area contributed by atoms with Gasteiger partial charge in [0, 0.05) is 0 Å². The molecule has 3 aliphatic heterocycles. The number of nitrogens with two attached hydrogens (primary N) is 3. The lowest BCUT2D eigenvalue weighted by Gasteiger charge is -2.27. The van der Waals surface area contributed by atoms with E-state index < -0.39 is 108 Å². The molecule has 33 heteroatoms. The maximum Gasteiger partial charge on any atom is 0.472 e. The summed E-state index contributed by atoms with van der Waals surface area (Å²) in [5.41, 5.74) is 18.6. The fourth-order valence-electron chi connectivity index (χ4n) is 7.37. The molecule has 14 atom stereocenters. The molecule has 13 N–H and O–H groups in total. The second kappa shape index (κ2) is 16.7. The highest BCUT2D eigenvalue weighted by Gasteiger charge is 2.52. The Morgan fingerprint density at radius 2 is 1.00 bits per heavy atom. The molecule has 0 bridgehead atoms. The minimum absolute atomic E-state index is 0.0149. The van der Waals surface area contributed by atoms with E-state index in [9.17, 15) is 39.9 Å². The molecule has 338 valence electrons. The molecule has 9 rings (SSSR count). The number of aliphatic hydroxyl groups is 5. The lowest BCUT2D eigenvalue weighted by molar-refractivity contribution is -0.0624. The van der Waals surface area contributed by atoms with Crippen molar-refractivity contribution in [2.75, 3.05) is 37.0 Å². The lowest BCUT2D eigenvalue weighted by Crippen LogP contribution is -2.37. The second-order valence-corrected chi connectivity index (χ2v) is 18.5. The van der Waals surface area contributed by atoms with Crippen molar-refractivity contribution in [2.45, 2.75) is 73.6 Å². The fourth-order valence-corrected chi connectivity index (χ4v) is 9.72. The summed E-state index contributed by atoms with van der Waals surface area (Å²) in [5, 5.41) is 54.2. The van der Waals surface area contributed by atoms with Crippen LogP contribution in [-0.4, -0.2) is 169 Å². The van der Waals surface area contributed by atoms with Gasteiger partial charge in [-0.2, -0.15) is 0 Å². The molecule has 0 spiro atoms. The van der Waals surface area contributed by atoms with Gasteiger partial charge in [-0.25, -0.2) is 49.4 Å². The highest BCUT2D eigenvalue weighted by molar-refractivity contribution is 8.07. The van der Waals surface area contributed by atoms with Crippen LogP contribution in [0.3, 0.4) is 0 Å². The number of hydrogen-bond donors (Lipinski definition) is 10. The van der Waals surface area contributed by atoms with Crippen molar-refractivity contribution < 1.29 is 72.2 Å². The summed E-state index contributed by atoms with van der Waals surface area (Å²) < 4.78 is 57.1. The van der Waals surface area contributed by atoms with E-state index >= 15 is 0 Å². The Balaban J connectivity index is 0.913. The minimum atomic E-state index is -5.23. The molecule has 0 amide bonds. The van der Waals surface area contributed by atoms with Gasteiger partial charge in [0.2, 0.25) is 0 Å². The molecule has 0 aromatic carbocycles. The molecule has 2 unspecified atom stereocenters. The number of fused-ring (bicyclic) bond motifs is 3. The Morgan fingerprint density at radius 3 is 1.51 bits per heavy atom. The monoisotopic (exact) mass is 941 g/mol. The van der Waals surface area contributed by atoms with E-state index in [2.05, 4.69) is 44.9 Å². The number of nitrogens with zero attached hydrogens (tertiary/aromatic N) is 12. The van der Waals surface area contributed by atoms with Crippen molar-refractivity contribution in [1.29, 1.82) is 0 Å². The lowest BCUT2D eigenvalue weighted by atomic mass is 10.1. The molecular formula is C30H37N15O15P2S. The molecule has 6 aromatic heterocycles. The van der Waals surface area contributed by atoms with Crippen molar-refractivity contribution in [3.8, 4) is 0 Å². The van der Waals surface area contributed by atoms with Gasteiger partial charge in [-0.1, -0.05) is 0 Å². The van der Waals surface area contributed by atoms with E-state index in [0.717, 1.165) is 12.7 Å². The third-order valence-corrected chi connectivity index (χ3v) is 13.0. The van der Waals surface area contributed by atoms with Gasteiger partial charge >= 0.3 is 14.5 Å². The number of anilines is 3. The number of phosphoric ester groups is 1.